The van der Waals surface area contributed by atoms with Crippen molar-refractivity contribution in [2.45, 2.75) is 64.1 Å². The third-order valence-corrected chi connectivity index (χ3v) is 7.72. The number of anilines is 1. The zero-order chi connectivity index (χ0) is 21.9. The standard InChI is InChI=1S/C24H28ClN7/c1-16-22(27-10-9-26-16)30-11-5-17(6-12-30)23-29-28-21-15-31(24(2)7-8-24)14-18-13-19(25)3-4-20(18)32(21)23/h3-4,9-10,13,17H,5-8,11-12,14-15H2,1-2H3. The Labute approximate surface area is 193 Å². The second-order valence-corrected chi connectivity index (χ2v) is 10.1. The van der Waals surface area contributed by atoms with Crippen LogP contribution in [-0.4, -0.2) is 48.3 Å². The summed E-state index contributed by atoms with van der Waals surface area (Å²) in [5.74, 6) is 3.50. The second kappa shape index (κ2) is 7.52. The Morgan fingerprint density at radius 1 is 1.03 bits per heavy atom. The van der Waals surface area contributed by atoms with Crippen LogP contribution < -0.4 is 4.90 Å². The molecule has 0 spiro atoms. The summed E-state index contributed by atoms with van der Waals surface area (Å²) in [6.45, 7) is 8.01. The van der Waals surface area contributed by atoms with Crippen molar-refractivity contribution >= 4 is 17.4 Å². The number of aryl methyl sites for hydroxylation is 1. The van der Waals surface area contributed by atoms with Crippen LogP contribution in [-0.2, 0) is 13.1 Å². The lowest BCUT2D eigenvalue weighted by molar-refractivity contribution is 0.170. The molecule has 0 N–H and O–H groups in total. The zero-order valence-electron chi connectivity index (χ0n) is 18.6. The number of halogens is 1. The lowest BCUT2D eigenvalue weighted by Gasteiger charge is -2.33. The summed E-state index contributed by atoms with van der Waals surface area (Å²) in [5, 5.41) is 10.2. The van der Waals surface area contributed by atoms with Gasteiger partial charge in [-0.1, -0.05) is 11.6 Å². The third kappa shape index (κ3) is 3.39. The van der Waals surface area contributed by atoms with Crippen molar-refractivity contribution in [1.29, 1.82) is 0 Å². The summed E-state index contributed by atoms with van der Waals surface area (Å²) in [5.41, 5.74) is 3.70. The van der Waals surface area contributed by atoms with Crippen LogP contribution in [0.5, 0.6) is 0 Å². The lowest BCUT2D eigenvalue weighted by Crippen LogP contribution is -2.35. The molecule has 2 aromatic heterocycles. The highest BCUT2D eigenvalue weighted by Gasteiger charge is 2.45. The number of hydrogen-bond donors (Lipinski definition) is 0. The Bertz CT molecular complexity index is 1160. The maximum absolute atomic E-state index is 6.41. The molecule has 2 fully saturated rings. The fourth-order valence-corrected chi connectivity index (χ4v) is 5.42. The molecule has 1 aromatic carbocycles. The van der Waals surface area contributed by atoms with Gasteiger partial charge in [0.05, 0.1) is 17.9 Å². The minimum Gasteiger partial charge on any atom is -0.355 e. The van der Waals surface area contributed by atoms with E-state index >= 15 is 0 Å². The van der Waals surface area contributed by atoms with Crippen LogP contribution >= 0.6 is 11.6 Å². The Balaban J connectivity index is 1.32. The molecule has 1 saturated heterocycles. The first-order valence-electron chi connectivity index (χ1n) is 11.5. The van der Waals surface area contributed by atoms with Crippen LogP contribution in [0, 0.1) is 6.92 Å². The molecule has 0 radical (unpaired) electrons. The Morgan fingerprint density at radius 3 is 2.56 bits per heavy atom. The molecule has 7 nitrogen and oxygen atoms in total. The molecule has 3 aliphatic rings. The minimum absolute atomic E-state index is 0.265. The van der Waals surface area contributed by atoms with E-state index in [-0.39, 0.29) is 5.54 Å². The van der Waals surface area contributed by atoms with Gasteiger partial charge in [-0.05, 0) is 63.3 Å². The van der Waals surface area contributed by atoms with E-state index in [1.165, 1.54) is 24.1 Å². The molecule has 6 rings (SSSR count). The van der Waals surface area contributed by atoms with Gasteiger partial charge >= 0.3 is 0 Å². The number of nitrogens with zero attached hydrogens (tertiary/aromatic N) is 7. The Morgan fingerprint density at radius 2 is 1.81 bits per heavy atom. The first-order valence-corrected chi connectivity index (χ1v) is 11.9. The van der Waals surface area contributed by atoms with Gasteiger partial charge in [-0.15, -0.1) is 10.2 Å². The molecule has 0 unspecified atom stereocenters. The molecular formula is C24H28ClN7. The molecule has 0 amide bonds. The number of benzene rings is 1. The van der Waals surface area contributed by atoms with Crippen LogP contribution in [0.3, 0.4) is 0 Å². The first-order chi connectivity index (χ1) is 15.5. The van der Waals surface area contributed by atoms with Gasteiger partial charge in [0.25, 0.3) is 0 Å². The first kappa shape index (κ1) is 20.1. The van der Waals surface area contributed by atoms with Gasteiger partial charge in [-0.2, -0.15) is 0 Å². The number of piperidine rings is 1. The van der Waals surface area contributed by atoms with Crippen LogP contribution in [0.15, 0.2) is 30.6 Å². The van der Waals surface area contributed by atoms with Crippen LogP contribution in [0.2, 0.25) is 5.02 Å². The highest BCUT2D eigenvalue weighted by Crippen LogP contribution is 2.44. The van der Waals surface area contributed by atoms with E-state index in [0.29, 0.717) is 5.92 Å². The molecule has 166 valence electrons. The molecular weight excluding hydrogens is 422 g/mol. The summed E-state index contributed by atoms with van der Waals surface area (Å²) >= 11 is 6.41. The van der Waals surface area contributed by atoms with Crippen LogP contribution in [0.25, 0.3) is 5.69 Å². The maximum Gasteiger partial charge on any atom is 0.151 e. The monoisotopic (exact) mass is 449 g/mol. The normalized spacial score (nSPS) is 20.5. The average Bonchev–Trinajstić information content (AvgIpc) is 3.46. The SMILES string of the molecule is Cc1nccnc1N1CCC(c2nnc3n2-c2ccc(Cl)cc2CN(C2(C)CC2)C3)CC1. The topological polar surface area (TPSA) is 63.0 Å². The summed E-state index contributed by atoms with van der Waals surface area (Å²) in [6.07, 6.45) is 8.07. The quantitative estimate of drug-likeness (QED) is 0.595. The summed E-state index contributed by atoms with van der Waals surface area (Å²) in [7, 11) is 0. The number of rotatable bonds is 3. The minimum atomic E-state index is 0.265. The van der Waals surface area contributed by atoms with Gasteiger partial charge < -0.3 is 4.90 Å². The maximum atomic E-state index is 6.41. The van der Waals surface area contributed by atoms with Gasteiger partial charge in [-0.3, -0.25) is 14.5 Å². The summed E-state index contributed by atoms with van der Waals surface area (Å²) in [4.78, 5) is 13.9. The molecule has 0 atom stereocenters. The van der Waals surface area contributed by atoms with E-state index in [2.05, 4.69) is 43.4 Å². The number of hydrogen-bond acceptors (Lipinski definition) is 6. The van der Waals surface area contributed by atoms with Crippen molar-refractivity contribution in [1.82, 2.24) is 29.6 Å². The van der Waals surface area contributed by atoms with Crippen molar-refractivity contribution in [2.24, 2.45) is 0 Å². The van der Waals surface area contributed by atoms with Crippen molar-refractivity contribution in [3.63, 3.8) is 0 Å². The number of fused-ring (bicyclic) bond motifs is 3. The third-order valence-electron chi connectivity index (χ3n) is 7.48. The van der Waals surface area contributed by atoms with E-state index in [4.69, 9.17) is 21.8 Å². The van der Waals surface area contributed by atoms with Crippen LogP contribution in [0.4, 0.5) is 5.82 Å². The molecule has 32 heavy (non-hydrogen) atoms. The van der Waals surface area contributed by atoms with Crippen LogP contribution in [0.1, 0.15) is 61.4 Å². The predicted molar refractivity (Wildman–Crippen MR) is 124 cm³/mol. The van der Waals surface area contributed by atoms with Gasteiger partial charge in [0, 0.05) is 48.5 Å². The lowest BCUT2D eigenvalue weighted by atomic mass is 9.95. The van der Waals surface area contributed by atoms with Gasteiger partial charge in [0.15, 0.2) is 5.82 Å². The molecule has 1 aliphatic carbocycles. The average molecular weight is 450 g/mol. The smallest absolute Gasteiger partial charge is 0.151 e. The van der Waals surface area contributed by atoms with Crippen molar-refractivity contribution in [3.8, 4) is 5.69 Å². The van der Waals surface area contributed by atoms with Crippen molar-refractivity contribution in [3.05, 3.63) is 58.5 Å². The summed E-state index contributed by atoms with van der Waals surface area (Å²) in [6, 6.07) is 6.25. The van der Waals surface area contributed by atoms with E-state index in [0.717, 1.165) is 67.2 Å². The van der Waals surface area contributed by atoms with Gasteiger partial charge in [0.2, 0.25) is 0 Å². The van der Waals surface area contributed by atoms with Gasteiger partial charge in [0.1, 0.15) is 11.6 Å². The highest BCUT2D eigenvalue weighted by molar-refractivity contribution is 6.30. The van der Waals surface area contributed by atoms with E-state index in [1.807, 2.05) is 13.0 Å². The molecule has 3 aromatic rings. The molecule has 1 saturated carbocycles. The van der Waals surface area contributed by atoms with E-state index in [1.54, 1.807) is 12.4 Å². The predicted octanol–water partition coefficient (Wildman–Crippen LogP) is 4.27. The molecule has 8 heteroatoms. The zero-order valence-corrected chi connectivity index (χ0v) is 19.4. The van der Waals surface area contributed by atoms with Crippen molar-refractivity contribution in [2.75, 3.05) is 18.0 Å². The molecule has 0 bridgehead atoms. The van der Waals surface area contributed by atoms with E-state index < -0.39 is 0 Å². The fraction of sp³-hybridized carbons (Fsp3) is 0.500. The van der Waals surface area contributed by atoms with E-state index in [9.17, 15) is 0 Å². The van der Waals surface area contributed by atoms with Gasteiger partial charge in [-0.25, -0.2) is 4.98 Å². The Hall–Kier alpha value is -2.51. The molecule has 2 aliphatic heterocycles. The highest BCUT2D eigenvalue weighted by atomic mass is 35.5. The largest absolute Gasteiger partial charge is 0.355 e. The Kier molecular flexibility index (Phi) is 4.73. The van der Waals surface area contributed by atoms with Crippen molar-refractivity contribution < 1.29 is 0 Å². The number of aromatic nitrogens is 5. The molecule has 4 heterocycles. The second-order valence-electron chi connectivity index (χ2n) is 9.66. The fourth-order valence-electron chi connectivity index (χ4n) is 5.23. The summed E-state index contributed by atoms with van der Waals surface area (Å²) < 4.78 is 2.32.